The predicted octanol–water partition coefficient (Wildman–Crippen LogP) is 2.51. The molecule has 1 aliphatic heterocycles. The molecule has 2 aromatic rings. The van der Waals surface area contributed by atoms with Gasteiger partial charge in [-0.3, -0.25) is 9.36 Å². The first-order valence-corrected chi connectivity index (χ1v) is 9.10. The number of carbonyl (C=O) groups excluding carboxylic acids is 1. The first kappa shape index (κ1) is 16.7. The zero-order valence-corrected chi connectivity index (χ0v) is 14.7. The van der Waals surface area contributed by atoms with Crippen molar-refractivity contribution in [3.05, 3.63) is 39.8 Å². The predicted molar refractivity (Wildman–Crippen MR) is 96.5 cm³/mol. The van der Waals surface area contributed by atoms with E-state index in [4.69, 9.17) is 0 Å². The summed E-state index contributed by atoms with van der Waals surface area (Å²) in [4.78, 5) is 32.9. The Kier molecular flexibility index (Phi) is 4.99. The van der Waals surface area contributed by atoms with Crippen LogP contribution in [0.5, 0.6) is 0 Å². The summed E-state index contributed by atoms with van der Waals surface area (Å²) in [7, 11) is 0. The van der Waals surface area contributed by atoms with Gasteiger partial charge in [0.25, 0.3) is 5.56 Å². The highest BCUT2D eigenvalue weighted by molar-refractivity contribution is 7.18. The number of hydrogen-bond donors (Lipinski definition) is 1. The Bertz CT molecular complexity index is 824. The topological polar surface area (TPSA) is 67.2 Å². The standard InChI is InChI=1S/C17H22N4O2S/c1-3-5-7-18-17(23)20-9-6-12-13(10-20)24-15-14(12)16(22)21(8-4-2)11-19-15/h4,11H,2-3,5-10H2,1H3,(H,18,23). The molecule has 0 atom stereocenters. The molecule has 3 heterocycles. The van der Waals surface area contributed by atoms with E-state index in [1.54, 1.807) is 17.0 Å². The average molecular weight is 346 g/mol. The minimum Gasteiger partial charge on any atom is -0.338 e. The number of rotatable bonds is 5. The molecule has 0 saturated carbocycles. The minimum atomic E-state index is -0.0245. The molecular formula is C17H22N4O2S. The van der Waals surface area contributed by atoms with Gasteiger partial charge in [0.05, 0.1) is 18.3 Å². The molecule has 0 fully saturated rings. The molecule has 24 heavy (non-hydrogen) atoms. The zero-order valence-electron chi connectivity index (χ0n) is 13.9. The third-order valence-electron chi connectivity index (χ3n) is 4.25. The molecule has 2 amide bonds. The lowest BCUT2D eigenvalue weighted by atomic mass is 10.1. The van der Waals surface area contributed by atoms with Crippen LogP contribution < -0.4 is 10.9 Å². The maximum Gasteiger partial charge on any atom is 0.317 e. The van der Waals surface area contributed by atoms with E-state index in [0.717, 1.165) is 28.1 Å². The van der Waals surface area contributed by atoms with Gasteiger partial charge in [-0.05, 0) is 18.4 Å². The number of nitrogens with one attached hydrogen (secondary N) is 1. The molecular weight excluding hydrogens is 324 g/mol. The summed E-state index contributed by atoms with van der Waals surface area (Å²) in [5, 5.41) is 3.67. The molecule has 0 spiro atoms. The van der Waals surface area contributed by atoms with Crippen molar-refractivity contribution in [2.45, 2.75) is 39.3 Å². The van der Waals surface area contributed by atoms with Crippen LogP contribution >= 0.6 is 11.3 Å². The number of aromatic nitrogens is 2. The molecule has 7 heteroatoms. The van der Waals surface area contributed by atoms with Crippen LogP contribution in [-0.2, 0) is 19.5 Å². The fourth-order valence-electron chi connectivity index (χ4n) is 2.95. The summed E-state index contributed by atoms with van der Waals surface area (Å²) < 4.78 is 1.58. The molecule has 0 unspecified atom stereocenters. The maximum absolute atomic E-state index is 12.6. The van der Waals surface area contributed by atoms with Crippen molar-refractivity contribution in [1.29, 1.82) is 0 Å². The van der Waals surface area contributed by atoms with E-state index >= 15 is 0 Å². The number of amides is 2. The first-order chi connectivity index (χ1) is 11.7. The highest BCUT2D eigenvalue weighted by Gasteiger charge is 2.26. The van der Waals surface area contributed by atoms with Gasteiger partial charge in [0.2, 0.25) is 0 Å². The van der Waals surface area contributed by atoms with Gasteiger partial charge in [0, 0.05) is 24.5 Å². The zero-order chi connectivity index (χ0) is 17.1. The first-order valence-electron chi connectivity index (χ1n) is 8.29. The van der Waals surface area contributed by atoms with Crippen molar-refractivity contribution >= 4 is 27.6 Å². The maximum atomic E-state index is 12.6. The second-order valence-electron chi connectivity index (χ2n) is 5.93. The van der Waals surface area contributed by atoms with Crippen molar-refractivity contribution in [3.63, 3.8) is 0 Å². The van der Waals surface area contributed by atoms with Gasteiger partial charge in [0.15, 0.2) is 0 Å². The van der Waals surface area contributed by atoms with E-state index in [9.17, 15) is 9.59 Å². The SMILES string of the molecule is C=CCn1cnc2sc3c(c2c1=O)CCN(C(=O)NCCCC)C3. The van der Waals surface area contributed by atoms with Gasteiger partial charge in [-0.1, -0.05) is 19.4 Å². The third kappa shape index (κ3) is 3.08. The van der Waals surface area contributed by atoms with Gasteiger partial charge >= 0.3 is 6.03 Å². The van der Waals surface area contributed by atoms with Crippen molar-refractivity contribution in [2.24, 2.45) is 0 Å². The number of thiophene rings is 1. The molecule has 128 valence electrons. The van der Waals surface area contributed by atoms with Crippen LogP contribution in [-0.4, -0.2) is 33.6 Å². The second-order valence-corrected chi connectivity index (χ2v) is 7.02. The third-order valence-corrected chi connectivity index (χ3v) is 5.37. The number of unbranched alkanes of at least 4 members (excludes halogenated alkanes) is 1. The van der Waals surface area contributed by atoms with Crippen LogP contribution in [0.1, 0.15) is 30.2 Å². The number of fused-ring (bicyclic) bond motifs is 3. The van der Waals surface area contributed by atoms with Crippen molar-refractivity contribution < 1.29 is 4.79 Å². The summed E-state index contributed by atoms with van der Waals surface area (Å²) in [6.07, 6.45) is 6.01. The summed E-state index contributed by atoms with van der Waals surface area (Å²) in [6, 6.07) is -0.0245. The summed E-state index contributed by atoms with van der Waals surface area (Å²) in [5.74, 6) is 0. The molecule has 1 aliphatic rings. The molecule has 1 N–H and O–H groups in total. The average Bonchev–Trinajstić information content (AvgIpc) is 2.96. The monoisotopic (exact) mass is 346 g/mol. The van der Waals surface area contributed by atoms with Crippen molar-refractivity contribution in [2.75, 3.05) is 13.1 Å². The molecule has 0 aliphatic carbocycles. The Morgan fingerprint density at radius 3 is 3.12 bits per heavy atom. The normalized spacial score (nSPS) is 13.8. The van der Waals surface area contributed by atoms with Crippen LogP contribution in [0.15, 0.2) is 23.8 Å². The van der Waals surface area contributed by atoms with Crippen molar-refractivity contribution in [3.8, 4) is 0 Å². The minimum absolute atomic E-state index is 0.0155. The van der Waals surface area contributed by atoms with Crippen LogP contribution in [0.4, 0.5) is 4.79 Å². The molecule has 3 rings (SSSR count). The highest BCUT2D eigenvalue weighted by atomic mass is 32.1. The Morgan fingerprint density at radius 1 is 1.54 bits per heavy atom. The second kappa shape index (κ2) is 7.17. The summed E-state index contributed by atoms with van der Waals surface area (Å²) in [6.45, 7) is 8.12. The fraction of sp³-hybridized carbons (Fsp3) is 0.471. The number of carbonyl (C=O) groups is 1. The molecule has 0 radical (unpaired) electrons. The van der Waals surface area contributed by atoms with Crippen molar-refractivity contribution in [1.82, 2.24) is 19.8 Å². The quantitative estimate of drug-likeness (QED) is 0.668. The lowest BCUT2D eigenvalue weighted by molar-refractivity contribution is 0.193. The Labute approximate surface area is 144 Å². The summed E-state index contributed by atoms with van der Waals surface area (Å²) >= 11 is 1.52. The van der Waals surface area contributed by atoms with Crippen LogP contribution in [0.2, 0.25) is 0 Å². The number of nitrogens with zero attached hydrogens (tertiary/aromatic N) is 3. The largest absolute Gasteiger partial charge is 0.338 e. The van der Waals surface area contributed by atoms with Gasteiger partial charge in [-0.15, -0.1) is 17.9 Å². The Hall–Kier alpha value is -2.15. The van der Waals surface area contributed by atoms with E-state index in [1.807, 2.05) is 4.90 Å². The Morgan fingerprint density at radius 2 is 2.38 bits per heavy atom. The van der Waals surface area contributed by atoms with Gasteiger partial charge in [-0.2, -0.15) is 0 Å². The molecule has 2 aromatic heterocycles. The Balaban J connectivity index is 1.85. The molecule has 0 saturated heterocycles. The van der Waals surface area contributed by atoms with Crippen LogP contribution in [0, 0.1) is 0 Å². The lowest BCUT2D eigenvalue weighted by Gasteiger charge is -2.27. The fourth-order valence-corrected chi connectivity index (χ4v) is 4.14. The smallest absolute Gasteiger partial charge is 0.317 e. The van der Waals surface area contributed by atoms with E-state index < -0.39 is 0 Å². The molecule has 0 aromatic carbocycles. The summed E-state index contributed by atoms with van der Waals surface area (Å²) in [5.41, 5.74) is 1.04. The number of hydrogen-bond acceptors (Lipinski definition) is 4. The van der Waals surface area contributed by atoms with E-state index in [2.05, 4.69) is 23.8 Å². The van der Waals surface area contributed by atoms with Crippen LogP contribution in [0.25, 0.3) is 10.2 Å². The van der Waals surface area contributed by atoms with E-state index in [1.165, 1.54) is 11.3 Å². The van der Waals surface area contributed by atoms with E-state index in [0.29, 0.717) is 38.0 Å². The molecule has 6 nitrogen and oxygen atoms in total. The highest BCUT2D eigenvalue weighted by Crippen LogP contribution is 2.32. The molecule has 0 bridgehead atoms. The number of allylic oxidation sites excluding steroid dienone is 1. The van der Waals surface area contributed by atoms with Gasteiger partial charge < -0.3 is 10.2 Å². The lowest BCUT2D eigenvalue weighted by Crippen LogP contribution is -2.42. The van der Waals surface area contributed by atoms with E-state index in [-0.39, 0.29) is 11.6 Å². The number of urea groups is 1. The van der Waals surface area contributed by atoms with Gasteiger partial charge in [0.1, 0.15) is 4.83 Å². The van der Waals surface area contributed by atoms with Crippen LogP contribution in [0.3, 0.4) is 0 Å². The van der Waals surface area contributed by atoms with Gasteiger partial charge in [-0.25, -0.2) is 9.78 Å².